The number of carbonyl (C=O) groups is 2. The molecule has 1 fully saturated rings. The fourth-order valence-corrected chi connectivity index (χ4v) is 4.38. The van der Waals surface area contributed by atoms with Gasteiger partial charge in [0.2, 0.25) is 17.0 Å². The molecule has 4 aromatic rings. The molecule has 0 spiro atoms. The summed E-state index contributed by atoms with van der Waals surface area (Å²) in [6, 6.07) is 25.7. The summed E-state index contributed by atoms with van der Waals surface area (Å²) < 4.78 is 7.34. The van der Waals surface area contributed by atoms with E-state index >= 15 is 0 Å². The third kappa shape index (κ3) is 3.97. The van der Waals surface area contributed by atoms with E-state index in [1.807, 2.05) is 60.7 Å². The second kappa shape index (κ2) is 8.64. The molecule has 9 heteroatoms. The Labute approximate surface area is 187 Å². The fourth-order valence-electron chi connectivity index (χ4n) is 3.37. The lowest BCUT2D eigenvalue weighted by atomic mass is 10.2. The highest BCUT2D eigenvalue weighted by atomic mass is 32.2. The molecule has 0 saturated carbocycles. The van der Waals surface area contributed by atoms with Crippen molar-refractivity contribution in [2.75, 3.05) is 4.90 Å². The average Bonchev–Trinajstić information content (AvgIpc) is 3.40. The maximum absolute atomic E-state index is 13.0. The van der Waals surface area contributed by atoms with Crippen LogP contribution in [0.25, 0.3) is 5.69 Å². The SMILES string of the molecule is O=C1C[C@@H](Sc2nnnn2-c2ccccc2)C(=O)N1c1ccc(Oc2ccccc2)cc1. The summed E-state index contributed by atoms with van der Waals surface area (Å²) in [4.78, 5) is 26.9. The quantitative estimate of drug-likeness (QED) is 0.418. The first-order valence-corrected chi connectivity index (χ1v) is 10.8. The molecule has 2 amide bonds. The predicted octanol–water partition coefficient (Wildman–Crippen LogP) is 3.88. The van der Waals surface area contributed by atoms with Crippen LogP contribution in [0.5, 0.6) is 11.5 Å². The first kappa shape index (κ1) is 20.0. The summed E-state index contributed by atoms with van der Waals surface area (Å²) in [5, 5.41) is 11.6. The average molecular weight is 443 g/mol. The Morgan fingerprint density at radius 2 is 1.47 bits per heavy atom. The first-order chi connectivity index (χ1) is 15.7. The second-order valence-corrected chi connectivity index (χ2v) is 8.17. The van der Waals surface area contributed by atoms with Crippen molar-refractivity contribution in [2.24, 2.45) is 0 Å². The molecule has 2 heterocycles. The molecule has 1 saturated heterocycles. The van der Waals surface area contributed by atoms with Crippen LogP contribution >= 0.6 is 11.8 Å². The molecule has 5 rings (SSSR count). The Balaban J connectivity index is 1.31. The normalized spacial score (nSPS) is 15.9. The Hall–Kier alpha value is -3.98. The van der Waals surface area contributed by atoms with Gasteiger partial charge in [-0.3, -0.25) is 9.59 Å². The number of imide groups is 1. The van der Waals surface area contributed by atoms with Crippen LogP contribution in [0.15, 0.2) is 90.1 Å². The zero-order valence-electron chi connectivity index (χ0n) is 16.7. The number of hydrogen-bond donors (Lipinski definition) is 0. The number of carbonyl (C=O) groups excluding carboxylic acids is 2. The van der Waals surface area contributed by atoms with Crippen molar-refractivity contribution >= 4 is 29.3 Å². The van der Waals surface area contributed by atoms with Gasteiger partial charge < -0.3 is 4.74 Å². The second-order valence-electron chi connectivity index (χ2n) is 7.00. The molecular formula is C23H17N5O3S. The van der Waals surface area contributed by atoms with E-state index in [1.165, 1.54) is 16.7 Å². The van der Waals surface area contributed by atoms with Crippen LogP contribution < -0.4 is 9.64 Å². The molecule has 1 atom stereocenters. The third-order valence-electron chi connectivity index (χ3n) is 4.87. The lowest BCUT2D eigenvalue weighted by molar-refractivity contribution is -0.121. The van der Waals surface area contributed by atoms with Gasteiger partial charge in [0.05, 0.1) is 11.4 Å². The number of amides is 2. The van der Waals surface area contributed by atoms with Gasteiger partial charge in [0.25, 0.3) is 0 Å². The molecule has 1 aliphatic rings. The summed E-state index contributed by atoms with van der Waals surface area (Å²) in [6.45, 7) is 0. The molecule has 0 unspecified atom stereocenters. The monoisotopic (exact) mass is 443 g/mol. The largest absolute Gasteiger partial charge is 0.457 e. The Kier molecular flexibility index (Phi) is 5.39. The molecule has 0 N–H and O–H groups in total. The molecule has 1 aromatic heterocycles. The van der Waals surface area contributed by atoms with Gasteiger partial charge in [0.1, 0.15) is 16.7 Å². The Morgan fingerprint density at radius 1 is 0.812 bits per heavy atom. The summed E-state index contributed by atoms with van der Waals surface area (Å²) in [6.07, 6.45) is 0.0768. The number of rotatable bonds is 6. The minimum atomic E-state index is -0.601. The number of ether oxygens (including phenoxy) is 1. The number of aromatic nitrogens is 4. The Bertz CT molecular complexity index is 1250. The van der Waals surface area contributed by atoms with Gasteiger partial charge in [0.15, 0.2) is 0 Å². The highest BCUT2D eigenvalue weighted by Crippen LogP contribution is 2.34. The van der Waals surface area contributed by atoms with Crippen molar-refractivity contribution in [3.05, 3.63) is 84.9 Å². The summed E-state index contributed by atoms with van der Waals surface area (Å²) in [5.74, 6) is 0.774. The number of benzene rings is 3. The van der Waals surface area contributed by atoms with Gasteiger partial charge >= 0.3 is 0 Å². The van der Waals surface area contributed by atoms with E-state index in [0.29, 0.717) is 22.3 Å². The molecular weight excluding hydrogens is 426 g/mol. The summed E-state index contributed by atoms with van der Waals surface area (Å²) in [5.41, 5.74) is 1.29. The maximum Gasteiger partial charge on any atom is 0.247 e. The van der Waals surface area contributed by atoms with E-state index in [2.05, 4.69) is 15.5 Å². The van der Waals surface area contributed by atoms with Gasteiger partial charge in [-0.2, -0.15) is 4.68 Å². The van der Waals surface area contributed by atoms with Crippen molar-refractivity contribution in [3.8, 4) is 17.2 Å². The van der Waals surface area contributed by atoms with E-state index < -0.39 is 5.25 Å². The number of thioether (sulfide) groups is 1. The van der Waals surface area contributed by atoms with Crippen LogP contribution in [-0.4, -0.2) is 37.3 Å². The van der Waals surface area contributed by atoms with Crippen molar-refractivity contribution in [1.82, 2.24) is 20.2 Å². The summed E-state index contributed by atoms with van der Waals surface area (Å²) in [7, 11) is 0. The van der Waals surface area contributed by atoms with E-state index in [4.69, 9.17) is 4.74 Å². The van der Waals surface area contributed by atoms with Crippen molar-refractivity contribution in [1.29, 1.82) is 0 Å². The number of hydrogen-bond acceptors (Lipinski definition) is 7. The standard InChI is InChI=1S/C23H17N5O3S/c29-21-15-20(32-23-24-25-26-28(23)17-7-3-1-4-8-17)22(30)27(21)16-11-13-19(14-12-16)31-18-9-5-2-6-10-18/h1-14,20H,15H2/t20-/m1/s1. The molecule has 1 aliphatic heterocycles. The molecule has 158 valence electrons. The van der Waals surface area contributed by atoms with Crippen LogP contribution in [0.1, 0.15) is 6.42 Å². The number of nitrogens with zero attached hydrogens (tertiary/aromatic N) is 5. The third-order valence-corrected chi connectivity index (χ3v) is 5.99. The maximum atomic E-state index is 13.0. The number of tetrazole rings is 1. The van der Waals surface area contributed by atoms with E-state index in [9.17, 15) is 9.59 Å². The smallest absolute Gasteiger partial charge is 0.247 e. The van der Waals surface area contributed by atoms with Gasteiger partial charge in [-0.15, -0.1) is 5.10 Å². The molecule has 0 bridgehead atoms. The first-order valence-electron chi connectivity index (χ1n) is 9.89. The van der Waals surface area contributed by atoms with Crippen LogP contribution in [0.3, 0.4) is 0 Å². The molecule has 0 radical (unpaired) electrons. The fraction of sp³-hybridized carbons (Fsp3) is 0.0870. The van der Waals surface area contributed by atoms with Crippen molar-refractivity contribution in [3.63, 3.8) is 0 Å². The highest BCUT2D eigenvalue weighted by Gasteiger charge is 2.41. The minimum absolute atomic E-state index is 0.0768. The van der Waals surface area contributed by atoms with E-state index in [0.717, 1.165) is 5.69 Å². The Morgan fingerprint density at radius 3 is 2.19 bits per heavy atom. The zero-order valence-corrected chi connectivity index (χ0v) is 17.6. The van der Waals surface area contributed by atoms with Crippen molar-refractivity contribution in [2.45, 2.75) is 16.8 Å². The molecule has 8 nitrogen and oxygen atoms in total. The van der Waals surface area contributed by atoms with Crippen LogP contribution in [0.4, 0.5) is 5.69 Å². The summed E-state index contributed by atoms with van der Waals surface area (Å²) >= 11 is 1.18. The molecule has 0 aliphatic carbocycles. The topological polar surface area (TPSA) is 90.2 Å². The van der Waals surface area contributed by atoms with Crippen LogP contribution in [0.2, 0.25) is 0 Å². The highest BCUT2D eigenvalue weighted by molar-refractivity contribution is 8.00. The van der Waals surface area contributed by atoms with E-state index in [-0.39, 0.29) is 18.2 Å². The molecule has 3 aromatic carbocycles. The number of para-hydroxylation sites is 2. The van der Waals surface area contributed by atoms with Crippen molar-refractivity contribution < 1.29 is 14.3 Å². The van der Waals surface area contributed by atoms with E-state index in [1.54, 1.807) is 28.9 Å². The van der Waals surface area contributed by atoms with Crippen LogP contribution in [-0.2, 0) is 9.59 Å². The predicted molar refractivity (Wildman–Crippen MR) is 119 cm³/mol. The van der Waals surface area contributed by atoms with Gasteiger partial charge in [-0.1, -0.05) is 48.2 Å². The lowest BCUT2D eigenvalue weighted by Gasteiger charge is -2.15. The van der Waals surface area contributed by atoms with Crippen LogP contribution in [0, 0.1) is 0 Å². The van der Waals surface area contributed by atoms with Gasteiger partial charge in [0, 0.05) is 6.42 Å². The number of anilines is 1. The van der Waals surface area contributed by atoms with Gasteiger partial charge in [-0.05, 0) is 59.0 Å². The van der Waals surface area contributed by atoms with Gasteiger partial charge in [-0.25, -0.2) is 4.90 Å². The minimum Gasteiger partial charge on any atom is -0.457 e. The lowest BCUT2D eigenvalue weighted by Crippen LogP contribution is -2.31. The molecule has 32 heavy (non-hydrogen) atoms. The zero-order chi connectivity index (χ0) is 21.9.